The number of aliphatic hydroxyl groups excluding tert-OH is 1. The van der Waals surface area contributed by atoms with Crippen LogP contribution >= 0.6 is 0 Å². The summed E-state index contributed by atoms with van der Waals surface area (Å²) < 4.78 is 12.9. The fraction of sp³-hybridized carbons (Fsp3) is 0.235. The molecule has 2 atom stereocenters. The molecule has 5 heteroatoms. The molecule has 2 aromatic rings. The van der Waals surface area contributed by atoms with Crippen LogP contribution in [0.3, 0.4) is 0 Å². The van der Waals surface area contributed by atoms with Crippen LogP contribution < -0.4 is 5.32 Å². The second-order valence-corrected chi connectivity index (χ2v) is 5.20. The maximum absolute atomic E-state index is 12.9. The highest BCUT2D eigenvalue weighted by molar-refractivity contribution is 5.78. The number of aliphatic hydroxyl groups is 1. The molecule has 1 amide bonds. The zero-order valence-electron chi connectivity index (χ0n) is 12.2. The fourth-order valence-corrected chi connectivity index (χ4v) is 2.13. The summed E-state index contributed by atoms with van der Waals surface area (Å²) in [4.78, 5) is 12.0. The number of hydrogen-bond donors (Lipinski definition) is 3. The number of amides is 1. The van der Waals surface area contributed by atoms with Gasteiger partial charge in [0.1, 0.15) is 11.6 Å². The maximum Gasteiger partial charge on any atom is 0.224 e. The van der Waals surface area contributed by atoms with Crippen LogP contribution in [0, 0.1) is 5.82 Å². The van der Waals surface area contributed by atoms with Gasteiger partial charge in [0.2, 0.25) is 5.91 Å². The third-order valence-electron chi connectivity index (χ3n) is 3.37. The number of benzene rings is 2. The van der Waals surface area contributed by atoms with Crippen molar-refractivity contribution in [2.75, 3.05) is 0 Å². The van der Waals surface area contributed by atoms with Gasteiger partial charge in [0, 0.05) is 0 Å². The molecule has 0 heterocycles. The monoisotopic (exact) mass is 303 g/mol. The van der Waals surface area contributed by atoms with E-state index in [1.54, 1.807) is 19.1 Å². The molecule has 0 saturated carbocycles. The van der Waals surface area contributed by atoms with E-state index < -0.39 is 12.1 Å². The summed E-state index contributed by atoms with van der Waals surface area (Å²) in [6.07, 6.45) is -0.759. The Morgan fingerprint density at radius 3 is 2.32 bits per heavy atom. The highest BCUT2D eigenvalue weighted by atomic mass is 19.1. The summed E-state index contributed by atoms with van der Waals surface area (Å²) in [6, 6.07) is 11.4. The molecular weight excluding hydrogens is 285 g/mol. The molecule has 0 radical (unpaired) electrons. The van der Waals surface area contributed by atoms with E-state index in [9.17, 15) is 19.4 Å². The second-order valence-electron chi connectivity index (χ2n) is 5.20. The number of phenolic OH excluding ortho intramolecular Hbond substituents is 1. The van der Waals surface area contributed by atoms with E-state index in [4.69, 9.17) is 0 Å². The van der Waals surface area contributed by atoms with Crippen LogP contribution in [0.2, 0.25) is 0 Å². The van der Waals surface area contributed by atoms with Crippen LogP contribution in [0.1, 0.15) is 24.2 Å². The van der Waals surface area contributed by atoms with Gasteiger partial charge in [0.15, 0.2) is 0 Å². The molecule has 116 valence electrons. The molecule has 0 aliphatic carbocycles. The molecule has 0 saturated heterocycles. The summed E-state index contributed by atoms with van der Waals surface area (Å²) >= 11 is 0. The molecule has 0 aliphatic heterocycles. The lowest BCUT2D eigenvalue weighted by Crippen LogP contribution is -2.37. The number of aromatic hydroxyl groups is 1. The lowest BCUT2D eigenvalue weighted by Gasteiger charge is -2.20. The molecule has 3 N–H and O–H groups in total. The van der Waals surface area contributed by atoms with Crippen LogP contribution in [-0.2, 0) is 11.2 Å². The Kier molecular flexibility index (Phi) is 5.12. The molecule has 2 aromatic carbocycles. The Morgan fingerprint density at radius 2 is 1.73 bits per heavy atom. The van der Waals surface area contributed by atoms with E-state index in [1.807, 2.05) is 0 Å². The van der Waals surface area contributed by atoms with Crippen molar-refractivity contribution in [1.82, 2.24) is 5.32 Å². The van der Waals surface area contributed by atoms with Gasteiger partial charge < -0.3 is 15.5 Å². The SMILES string of the molecule is CC(NC(=O)Cc1ccc(O)cc1)C(O)c1ccc(F)cc1. The summed E-state index contributed by atoms with van der Waals surface area (Å²) in [5, 5.41) is 22.1. The second kappa shape index (κ2) is 7.04. The van der Waals surface area contributed by atoms with Crippen molar-refractivity contribution < 1.29 is 19.4 Å². The number of rotatable bonds is 5. The van der Waals surface area contributed by atoms with Crippen molar-refractivity contribution in [3.63, 3.8) is 0 Å². The van der Waals surface area contributed by atoms with Gasteiger partial charge in [0.25, 0.3) is 0 Å². The minimum absolute atomic E-state index is 0.143. The molecule has 4 nitrogen and oxygen atoms in total. The zero-order chi connectivity index (χ0) is 16.1. The minimum atomic E-state index is -0.913. The summed E-state index contributed by atoms with van der Waals surface area (Å²) in [5.41, 5.74) is 1.30. The molecule has 22 heavy (non-hydrogen) atoms. The number of halogens is 1. The van der Waals surface area contributed by atoms with Crippen molar-refractivity contribution in [1.29, 1.82) is 0 Å². The molecule has 0 bridgehead atoms. The third-order valence-corrected chi connectivity index (χ3v) is 3.37. The van der Waals surface area contributed by atoms with Crippen LogP contribution in [0.15, 0.2) is 48.5 Å². The van der Waals surface area contributed by atoms with Crippen LogP contribution in [0.5, 0.6) is 5.75 Å². The summed E-state index contributed by atoms with van der Waals surface area (Å²) in [5.74, 6) is -0.469. The highest BCUT2D eigenvalue weighted by Gasteiger charge is 2.18. The molecule has 2 unspecified atom stereocenters. The van der Waals surface area contributed by atoms with Gasteiger partial charge in [-0.2, -0.15) is 0 Å². The van der Waals surface area contributed by atoms with E-state index in [-0.39, 0.29) is 23.9 Å². The van der Waals surface area contributed by atoms with Gasteiger partial charge in [-0.15, -0.1) is 0 Å². The Hall–Kier alpha value is -2.40. The average Bonchev–Trinajstić information content (AvgIpc) is 2.49. The molecule has 0 spiro atoms. The summed E-state index contributed by atoms with van der Waals surface area (Å²) in [6.45, 7) is 1.68. The van der Waals surface area contributed by atoms with E-state index in [0.717, 1.165) is 5.56 Å². The van der Waals surface area contributed by atoms with E-state index in [0.29, 0.717) is 5.56 Å². The quantitative estimate of drug-likeness (QED) is 0.794. The Balaban J connectivity index is 1.92. The lowest BCUT2D eigenvalue weighted by atomic mass is 10.0. The van der Waals surface area contributed by atoms with Gasteiger partial charge in [-0.25, -0.2) is 4.39 Å². The van der Waals surface area contributed by atoms with Crippen molar-refractivity contribution in [3.05, 3.63) is 65.5 Å². The lowest BCUT2D eigenvalue weighted by molar-refractivity contribution is -0.121. The Labute approximate surface area is 128 Å². The van der Waals surface area contributed by atoms with E-state index in [2.05, 4.69) is 5.32 Å². The van der Waals surface area contributed by atoms with Gasteiger partial charge >= 0.3 is 0 Å². The minimum Gasteiger partial charge on any atom is -0.508 e. The third kappa shape index (κ3) is 4.30. The normalized spacial score (nSPS) is 13.4. The predicted octanol–water partition coefficient (Wildman–Crippen LogP) is 2.31. The van der Waals surface area contributed by atoms with Gasteiger partial charge in [-0.3, -0.25) is 4.79 Å². The molecule has 0 aliphatic rings. The zero-order valence-corrected chi connectivity index (χ0v) is 12.2. The maximum atomic E-state index is 12.9. The molecule has 0 fully saturated rings. The van der Waals surface area contributed by atoms with Crippen LogP contribution in [0.25, 0.3) is 0 Å². The summed E-state index contributed by atoms with van der Waals surface area (Å²) in [7, 11) is 0. The molecular formula is C17H18FNO3. The largest absolute Gasteiger partial charge is 0.508 e. The predicted molar refractivity (Wildman–Crippen MR) is 80.8 cm³/mol. The first-order valence-corrected chi connectivity index (χ1v) is 6.96. The fourth-order valence-electron chi connectivity index (χ4n) is 2.13. The van der Waals surface area contributed by atoms with E-state index >= 15 is 0 Å². The first kappa shape index (κ1) is 16.0. The Bertz CT molecular complexity index is 625. The number of carbonyl (C=O) groups excluding carboxylic acids is 1. The number of hydrogen-bond acceptors (Lipinski definition) is 3. The highest BCUT2D eigenvalue weighted by Crippen LogP contribution is 2.17. The van der Waals surface area contributed by atoms with Crippen molar-refractivity contribution >= 4 is 5.91 Å². The average molecular weight is 303 g/mol. The van der Waals surface area contributed by atoms with Gasteiger partial charge in [0.05, 0.1) is 18.6 Å². The first-order valence-electron chi connectivity index (χ1n) is 6.96. The van der Waals surface area contributed by atoms with Gasteiger partial charge in [-0.05, 0) is 42.3 Å². The number of phenols is 1. The van der Waals surface area contributed by atoms with Gasteiger partial charge in [-0.1, -0.05) is 24.3 Å². The van der Waals surface area contributed by atoms with Crippen LogP contribution in [0.4, 0.5) is 4.39 Å². The smallest absolute Gasteiger partial charge is 0.224 e. The van der Waals surface area contributed by atoms with Crippen molar-refractivity contribution in [3.8, 4) is 5.75 Å². The Morgan fingerprint density at radius 1 is 1.14 bits per heavy atom. The topological polar surface area (TPSA) is 69.6 Å². The van der Waals surface area contributed by atoms with Crippen molar-refractivity contribution in [2.45, 2.75) is 25.5 Å². The molecule has 2 rings (SSSR count). The van der Waals surface area contributed by atoms with Crippen LogP contribution in [-0.4, -0.2) is 22.2 Å². The number of carbonyl (C=O) groups is 1. The number of nitrogens with one attached hydrogen (secondary N) is 1. The standard InChI is InChI=1S/C17H18FNO3/c1-11(17(22)13-4-6-14(18)7-5-13)19-16(21)10-12-2-8-15(20)9-3-12/h2-9,11,17,20,22H,10H2,1H3,(H,19,21). The molecule has 0 aromatic heterocycles. The first-order chi connectivity index (χ1) is 10.5. The van der Waals surface area contributed by atoms with E-state index in [1.165, 1.54) is 36.4 Å². The van der Waals surface area contributed by atoms with Crippen molar-refractivity contribution in [2.24, 2.45) is 0 Å².